The van der Waals surface area contributed by atoms with Gasteiger partial charge in [0.2, 0.25) is 5.91 Å². The van der Waals surface area contributed by atoms with Crippen LogP contribution in [0.4, 0.5) is 11.6 Å². The number of nitrogens with one attached hydrogen (secondary N) is 1. The fraction of sp³-hybridized carbons (Fsp3) is 0.273. The molecule has 0 unspecified atom stereocenters. The molecule has 1 amide bonds. The Morgan fingerprint density at radius 2 is 2.13 bits per heavy atom. The molecular formula is C22H25N7O. The van der Waals surface area contributed by atoms with Gasteiger partial charge in [0.25, 0.3) is 0 Å². The molecule has 0 bridgehead atoms. The monoisotopic (exact) mass is 403 g/mol. The van der Waals surface area contributed by atoms with Gasteiger partial charge in [-0.1, -0.05) is 36.9 Å². The highest BCUT2D eigenvalue weighted by atomic mass is 16.2. The first kappa shape index (κ1) is 19.6. The maximum absolute atomic E-state index is 12.0. The number of aromatic nitrogens is 4. The lowest BCUT2D eigenvalue weighted by Gasteiger charge is -2.33. The van der Waals surface area contributed by atoms with Crippen LogP contribution in [0.3, 0.4) is 0 Å². The molecule has 1 fully saturated rings. The van der Waals surface area contributed by atoms with Crippen LogP contribution in [-0.2, 0) is 11.3 Å². The number of rotatable bonds is 6. The van der Waals surface area contributed by atoms with Gasteiger partial charge in [-0.2, -0.15) is 5.10 Å². The number of amides is 1. The van der Waals surface area contributed by atoms with Crippen molar-refractivity contribution in [1.82, 2.24) is 24.6 Å². The van der Waals surface area contributed by atoms with E-state index in [0.717, 1.165) is 36.1 Å². The van der Waals surface area contributed by atoms with Crippen molar-refractivity contribution in [1.29, 1.82) is 0 Å². The van der Waals surface area contributed by atoms with Gasteiger partial charge in [-0.15, -0.1) is 0 Å². The van der Waals surface area contributed by atoms with E-state index < -0.39 is 0 Å². The number of carbonyl (C=O) groups is 1. The minimum absolute atomic E-state index is 0.0499. The number of likely N-dealkylation sites (tertiary alicyclic amines) is 1. The second-order valence-electron chi connectivity index (χ2n) is 7.37. The van der Waals surface area contributed by atoms with Crippen molar-refractivity contribution in [3.05, 3.63) is 67.3 Å². The Labute approximate surface area is 175 Å². The molecule has 4 rings (SSSR count). The van der Waals surface area contributed by atoms with E-state index in [1.165, 1.54) is 12.4 Å². The number of nitrogens with two attached hydrogens (primary N) is 1. The normalized spacial score (nSPS) is 16.3. The smallest absolute Gasteiger partial charge is 0.246 e. The molecule has 1 atom stereocenters. The van der Waals surface area contributed by atoms with Crippen LogP contribution in [0.15, 0.2) is 61.7 Å². The highest BCUT2D eigenvalue weighted by Crippen LogP contribution is 2.31. The predicted molar refractivity (Wildman–Crippen MR) is 117 cm³/mol. The van der Waals surface area contributed by atoms with Crippen molar-refractivity contribution in [2.45, 2.75) is 25.4 Å². The zero-order valence-corrected chi connectivity index (χ0v) is 16.7. The van der Waals surface area contributed by atoms with Crippen molar-refractivity contribution < 1.29 is 4.79 Å². The third-order valence-corrected chi connectivity index (χ3v) is 5.23. The van der Waals surface area contributed by atoms with Crippen LogP contribution >= 0.6 is 0 Å². The topological polar surface area (TPSA) is 102 Å². The maximum Gasteiger partial charge on any atom is 0.246 e. The number of carbonyl (C=O) groups excluding carboxylic acids is 1. The third kappa shape index (κ3) is 4.32. The van der Waals surface area contributed by atoms with E-state index in [9.17, 15) is 4.79 Å². The second-order valence-corrected chi connectivity index (χ2v) is 7.37. The van der Waals surface area contributed by atoms with Crippen molar-refractivity contribution in [3.63, 3.8) is 0 Å². The van der Waals surface area contributed by atoms with Crippen LogP contribution in [0.1, 0.15) is 18.4 Å². The average molecular weight is 403 g/mol. The first-order valence-corrected chi connectivity index (χ1v) is 9.99. The van der Waals surface area contributed by atoms with Gasteiger partial charge in [0.15, 0.2) is 0 Å². The lowest BCUT2D eigenvalue weighted by atomic mass is 10.0. The van der Waals surface area contributed by atoms with Crippen molar-refractivity contribution in [3.8, 4) is 11.1 Å². The zero-order valence-electron chi connectivity index (χ0n) is 16.7. The van der Waals surface area contributed by atoms with Gasteiger partial charge >= 0.3 is 0 Å². The Bertz CT molecular complexity index is 1030. The standard InChI is InChI=1S/C22H25N7O/c1-2-19(30)28-10-6-9-18(14-28)27-22-20(21(23)24-15-25-22)17-11-26-29(13-17)12-16-7-4-3-5-8-16/h2-5,7-8,11,13,15,18H,1,6,9-10,12,14H2,(H3,23,24,25,27)/t18-/m1/s1. The summed E-state index contributed by atoms with van der Waals surface area (Å²) in [7, 11) is 0. The molecule has 0 aliphatic carbocycles. The van der Waals surface area contributed by atoms with Gasteiger partial charge in [0, 0.05) is 30.9 Å². The molecule has 0 radical (unpaired) electrons. The second kappa shape index (κ2) is 8.77. The molecule has 30 heavy (non-hydrogen) atoms. The summed E-state index contributed by atoms with van der Waals surface area (Å²) < 4.78 is 1.87. The van der Waals surface area contributed by atoms with E-state index in [4.69, 9.17) is 5.73 Å². The number of hydrogen-bond donors (Lipinski definition) is 2. The van der Waals surface area contributed by atoms with Crippen LogP contribution in [0.5, 0.6) is 0 Å². The van der Waals surface area contributed by atoms with Gasteiger partial charge in [0.05, 0.1) is 18.3 Å². The van der Waals surface area contributed by atoms with E-state index in [2.05, 4.69) is 39.1 Å². The van der Waals surface area contributed by atoms with Crippen LogP contribution in [-0.4, -0.2) is 49.7 Å². The molecule has 8 heteroatoms. The van der Waals surface area contributed by atoms with Crippen molar-refractivity contribution in [2.24, 2.45) is 0 Å². The molecule has 8 nitrogen and oxygen atoms in total. The molecule has 1 aliphatic rings. The lowest BCUT2D eigenvalue weighted by molar-refractivity contribution is -0.127. The van der Waals surface area contributed by atoms with E-state index in [1.54, 1.807) is 11.1 Å². The summed E-state index contributed by atoms with van der Waals surface area (Å²) in [6.45, 7) is 5.59. The van der Waals surface area contributed by atoms with Crippen LogP contribution in [0.2, 0.25) is 0 Å². The molecule has 1 aromatic carbocycles. The van der Waals surface area contributed by atoms with E-state index >= 15 is 0 Å². The van der Waals surface area contributed by atoms with E-state index in [-0.39, 0.29) is 11.9 Å². The number of anilines is 2. The van der Waals surface area contributed by atoms with Crippen LogP contribution < -0.4 is 11.1 Å². The molecule has 3 aromatic rings. The third-order valence-electron chi connectivity index (χ3n) is 5.23. The quantitative estimate of drug-likeness (QED) is 0.614. The predicted octanol–water partition coefficient (Wildman–Crippen LogP) is 2.56. The number of hydrogen-bond acceptors (Lipinski definition) is 6. The molecule has 3 N–H and O–H groups in total. The van der Waals surface area contributed by atoms with Gasteiger partial charge in [-0.3, -0.25) is 9.48 Å². The lowest BCUT2D eigenvalue weighted by Crippen LogP contribution is -2.44. The molecule has 1 saturated heterocycles. The Hall–Kier alpha value is -3.68. The average Bonchev–Trinajstić information content (AvgIpc) is 3.22. The Morgan fingerprint density at radius 3 is 2.93 bits per heavy atom. The van der Waals surface area contributed by atoms with Gasteiger partial charge in [0.1, 0.15) is 18.0 Å². The number of nitrogens with zero attached hydrogens (tertiary/aromatic N) is 5. The minimum atomic E-state index is -0.0499. The van der Waals surface area contributed by atoms with Crippen LogP contribution in [0.25, 0.3) is 11.1 Å². The Morgan fingerprint density at radius 1 is 1.30 bits per heavy atom. The molecule has 0 spiro atoms. The van der Waals surface area contributed by atoms with Crippen molar-refractivity contribution >= 4 is 17.5 Å². The Balaban J connectivity index is 1.55. The van der Waals surface area contributed by atoms with Crippen LogP contribution in [0, 0.1) is 0 Å². The molecule has 3 heterocycles. The molecular weight excluding hydrogens is 378 g/mol. The first-order chi connectivity index (χ1) is 14.6. The summed E-state index contributed by atoms with van der Waals surface area (Å²) in [5.41, 5.74) is 8.95. The Kier molecular flexibility index (Phi) is 5.74. The largest absolute Gasteiger partial charge is 0.383 e. The SMILES string of the molecule is C=CC(=O)N1CCC[C@@H](Nc2ncnc(N)c2-c2cnn(Cc3ccccc3)c2)C1. The summed E-state index contributed by atoms with van der Waals surface area (Å²) in [6, 6.07) is 10.2. The first-order valence-electron chi connectivity index (χ1n) is 9.99. The van der Waals surface area contributed by atoms with Gasteiger partial charge in [-0.25, -0.2) is 9.97 Å². The minimum Gasteiger partial charge on any atom is -0.383 e. The summed E-state index contributed by atoms with van der Waals surface area (Å²) in [5.74, 6) is 0.993. The summed E-state index contributed by atoms with van der Waals surface area (Å²) >= 11 is 0. The van der Waals surface area contributed by atoms with Crippen molar-refractivity contribution in [2.75, 3.05) is 24.1 Å². The maximum atomic E-state index is 12.0. The van der Waals surface area contributed by atoms with Gasteiger partial charge < -0.3 is 16.0 Å². The number of piperidine rings is 1. The molecule has 1 aliphatic heterocycles. The number of benzene rings is 1. The van der Waals surface area contributed by atoms with E-state index in [1.807, 2.05) is 29.1 Å². The number of nitrogen functional groups attached to an aromatic ring is 1. The van der Waals surface area contributed by atoms with E-state index in [0.29, 0.717) is 24.7 Å². The van der Waals surface area contributed by atoms with Gasteiger partial charge in [-0.05, 0) is 24.5 Å². The summed E-state index contributed by atoms with van der Waals surface area (Å²) in [6.07, 6.45) is 8.39. The highest BCUT2D eigenvalue weighted by molar-refractivity contribution is 5.87. The fourth-order valence-electron chi connectivity index (χ4n) is 3.76. The summed E-state index contributed by atoms with van der Waals surface area (Å²) in [4.78, 5) is 22.4. The summed E-state index contributed by atoms with van der Waals surface area (Å²) in [5, 5.41) is 7.94. The fourth-order valence-corrected chi connectivity index (χ4v) is 3.76. The molecule has 0 saturated carbocycles. The molecule has 154 valence electrons. The highest BCUT2D eigenvalue weighted by Gasteiger charge is 2.24. The molecule has 2 aromatic heterocycles. The zero-order chi connectivity index (χ0) is 20.9.